The molecule has 0 aromatic heterocycles. The summed E-state index contributed by atoms with van der Waals surface area (Å²) in [5, 5.41) is 0. The molecule has 6 nitrogen and oxygen atoms in total. The molecule has 0 spiro atoms. The molecule has 6 heteroatoms. The fourth-order valence-corrected chi connectivity index (χ4v) is 3.10. The van der Waals surface area contributed by atoms with Gasteiger partial charge in [-0.2, -0.15) is 0 Å². The number of carbonyl (C=O) groups excluding carboxylic acids is 2. The predicted octanol–water partition coefficient (Wildman–Crippen LogP) is 2.69. The molecular formula is C21H24N2O4. The Balaban J connectivity index is 1.41. The minimum Gasteiger partial charge on any atom is -0.493 e. The molecule has 1 aliphatic heterocycles. The summed E-state index contributed by atoms with van der Waals surface area (Å²) in [4.78, 5) is 28.1. The predicted molar refractivity (Wildman–Crippen MR) is 102 cm³/mol. The van der Waals surface area contributed by atoms with Crippen molar-refractivity contribution in [2.24, 2.45) is 0 Å². The smallest absolute Gasteiger partial charge is 0.261 e. The van der Waals surface area contributed by atoms with Crippen molar-refractivity contribution in [2.75, 3.05) is 40.4 Å². The summed E-state index contributed by atoms with van der Waals surface area (Å²) in [6.45, 7) is 2.46. The molecule has 0 unspecified atom stereocenters. The molecule has 0 N–H and O–H groups in total. The average molecular weight is 368 g/mol. The van der Waals surface area contributed by atoms with Crippen molar-refractivity contribution in [2.45, 2.75) is 6.42 Å². The molecule has 1 heterocycles. The molecule has 0 saturated heterocycles. The zero-order valence-electron chi connectivity index (χ0n) is 15.7. The highest BCUT2D eigenvalue weighted by Crippen LogP contribution is 2.25. The first kappa shape index (κ1) is 18.9. The van der Waals surface area contributed by atoms with E-state index in [4.69, 9.17) is 9.47 Å². The number of fused-ring (bicyclic) bond motifs is 1. The summed E-state index contributed by atoms with van der Waals surface area (Å²) in [6.07, 6.45) is 0.719. The van der Waals surface area contributed by atoms with Gasteiger partial charge in [0.05, 0.1) is 18.2 Å². The van der Waals surface area contributed by atoms with E-state index in [0.29, 0.717) is 30.0 Å². The van der Waals surface area contributed by atoms with Gasteiger partial charge in [-0.3, -0.25) is 14.5 Å². The van der Waals surface area contributed by atoms with E-state index in [2.05, 4.69) is 4.90 Å². The molecule has 0 bridgehead atoms. The van der Waals surface area contributed by atoms with Gasteiger partial charge in [0, 0.05) is 13.1 Å². The zero-order chi connectivity index (χ0) is 19.2. The standard InChI is InChI=1S/C21H24N2O4/c1-22(14-15-27-19-11-6-5-10-18(19)26-2)12-7-13-23-20(24)16-8-3-4-9-17(16)21(23)25/h3-6,8-11H,7,12-15H2,1-2H3. The van der Waals surface area contributed by atoms with E-state index >= 15 is 0 Å². The van der Waals surface area contributed by atoms with Crippen LogP contribution in [0.3, 0.4) is 0 Å². The van der Waals surface area contributed by atoms with Gasteiger partial charge in [0.2, 0.25) is 0 Å². The lowest BCUT2D eigenvalue weighted by molar-refractivity contribution is 0.0647. The lowest BCUT2D eigenvalue weighted by Crippen LogP contribution is -2.33. The lowest BCUT2D eigenvalue weighted by atomic mass is 10.1. The number of para-hydroxylation sites is 2. The van der Waals surface area contributed by atoms with Crippen molar-refractivity contribution in [3.05, 3.63) is 59.7 Å². The SMILES string of the molecule is COc1ccccc1OCCN(C)CCCN1C(=O)c2ccccc2C1=O. The van der Waals surface area contributed by atoms with Gasteiger partial charge in [-0.15, -0.1) is 0 Å². The maximum atomic E-state index is 12.3. The van der Waals surface area contributed by atoms with Crippen LogP contribution in [0.5, 0.6) is 11.5 Å². The molecule has 0 radical (unpaired) electrons. The van der Waals surface area contributed by atoms with Crippen LogP contribution in [0, 0.1) is 0 Å². The number of likely N-dealkylation sites (N-methyl/N-ethyl adjacent to an activating group) is 1. The van der Waals surface area contributed by atoms with Crippen LogP contribution in [-0.4, -0.2) is 62.0 Å². The van der Waals surface area contributed by atoms with Gasteiger partial charge >= 0.3 is 0 Å². The zero-order valence-corrected chi connectivity index (χ0v) is 15.7. The number of carbonyl (C=O) groups is 2. The number of imide groups is 1. The second-order valence-corrected chi connectivity index (χ2v) is 6.46. The highest BCUT2D eigenvalue weighted by atomic mass is 16.5. The number of methoxy groups -OCH3 is 1. The van der Waals surface area contributed by atoms with Crippen LogP contribution in [0.15, 0.2) is 48.5 Å². The first-order valence-electron chi connectivity index (χ1n) is 9.01. The summed E-state index contributed by atoms with van der Waals surface area (Å²) in [6, 6.07) is 14.5. The fraction of sp³-hybridized carbons (Fsp3) is 0.333. The van der Waals surface area contributed by atoms with Crippen molar-refractivity contribution in [1.29, 1.82) is 0 Å². The largest absolute Gasteiger partial charge is 0.493 e. The van der Waals surface area contributed by atoms with Gasteiger partial charge in [-0.25, -0.2) is 0 Å². The Bertz CT molecular complexity index is 786. The summed E-state index contributed by atoms with van der Waals surface area (Å²) in [7, 11) is 3.61. The van der Waals surface area contributed by atoms with Gasteiger partial charge in [-0.05, 0) is 44.3 Å². The topological polar surface area (TPSA) is 59.1 Å². The summed E-state index contributed by atoms with van der Waals surface area (Å²) >= 11 is 0. The maximum Gasteiger partial charge on any atom is 0.261 e. The number of hydrogen-bond donors (Lipinski definition) is 0. The minimum absolute atomic E-state index is 0.197. The summed E-state index contributed by atoms with van der Waals surface area (Å²) in [5.74, 6) is 1.04. The van der Waals surface area contributed by atoms with E-state index in [-0.39, 0.29) is 11.8 Å². The Kier molecular flexibility index (Phi) is 6.08. The third-order valence-electron chi connectivity index (χ3n) is 4.60. The van der Waals surface area contributed by atoms with Crippen molar-refractivity contribution in [1.82, 2.24) is 9.80 Å². The van der Waals surface area contributed by atoms with Gasteiger partial charge < -0.3 is 14.4 Å². The third kappa shape index (κ3) is 4.28. The molecule has 0 aliphatic carbocycles. The van der Waals surface area contributed by atoms with Gasteiger partial charge in [0.25, 0.3) is 11.8 Å². The van der Waals surface area contributed by atoms with Crippen molar-refractivity contribution >= 4 is 11.8 Å². The molecule has 0 atom stereocenters. The quantitative estimate of drug-likeness (QED) is 0.637. The Morgan fingerprint density at radius 1 is 0.889 bits per heavy atom. The number of hydrogen-bond acceptors (Lipinski definition) is 5. The molecule has 2 aromatic carbocycles. The van der Waals surface area contributed by atoms with Gasteiger partial charge in [0.1, 0.15) is 6.61 Å². The highest BCUT2D eigenvalue weighted by Gasteiger charge is 2.34. The van der Waals surface area contributed by atoms with Crippen molar-refractivity contribution in [3.8, 4) is 11.5 Å². The molecule has 2 aromatic rings. The molecule has 142 valence electrons. The van der Waals surface area contributed by atoms with Crippen LogP contribution >= 0.6 is 0 Å². The monoisotopic (exact) mass is 368 g/mol. The van der Waals surface area contributed by atoms with E-state index in [1.165, 1.54) is 4.90 Å². The Morgan fingerprint density at radius 2 is 1.48 bits per heavy atom. The molecular weight excluding hydrogens is 344 g/mol. The number of nitrogens with zero attached hydrogens (tertiary/aromatic N) is 2. The summed E-state index contributed by atoms with van der Waals surface area (Å²) in [5.41, 5.74) is 1.00. The minimum atomic E-state index is -0.197. The third-order valence-corrected chi connectivity index (χ3v) is 4.60. The summed E-state index contributed by atoms with van der Waals surface area (Å²) < 4.78 is 11.0. The van der Waals surface area contributed by atoms with Crippen LogP contribution in [0.25, 0.3) is 0 Å². The number of benzene rings is 2. The Labute approximate surface area is 159 Å². The number of amides is 2. The van der Waals surface area contributed by atoms with E-state index in [9.17, 15) is 9.59 Å². The van der Waals surface area contributed by atoms with E-state index in [0.717, 1.165) is 25.3 Å². The molecule has 3 rings (SSSR count). The van der Waals surface area contributed by atoms with Crippen LogP contribution in [0.2, 0.25) is 0 Å². The first-order chi connectivity index (χ1) is 13.1. The first-order valence-corrected chi connectivity index (χ1v) is 9.01. The second-order valence-electron chi connectivity index (χ2n) is 6.46. The Hall–Kier alpha value is -2.86. The normalized spacial score (nSPS) is 13.2. The van der Waals surface area contributed by atoms with E-state index < -0.39 is 0 Å². The average Bonchev–Trinajstić information content (AvgIpc) is 2.93. The fourth-order valence-electron chi connectivity index (χ4n) is 3.10. The molecule has 0 saturated carbocycles. The number of ether oxygens (including phenoxy) is 2. The van der Waals surface area contributed by atoms with Gasteiger partial charge in [-0.1, -0.05) is 24.3 Å². The molecule has 27 heavy (non-hydrogen) atoms. The number of rotatable bonds is 9. The maximum absolute atomic E-state index is 12.3. The molecule has 2 amide bonds. The van der Waals surface area contributed by atoms with Crippen molar-refractivity contribution in [3.63, 3.8) is 0 Å². The molecule has 1 aliphatic rings. The van der Waals surface area contributed by atoms with Crippen LogP contribution in [0.1, 0.15) is 27.1 Å². The van der Waals surface area contributed by atoms with Crippen LogP contribution in [-0.2, 0) is 0 Å². The van der Waals surface area contributed by atoms with Crippen LogP contribution < -0.4 is 9.47 Å². The van der Waals surface area contributed by atoms with Crippen molar-refractivity contribution < 1.29 is 19.1 Å². The second kappa shape index (κ2) is 8.68. The highest BCUT2D eigenvalue weighted by molar-refractivity contribution is 6.21. The van der Waals surface area contributed by atoms with Crippen LogP contribution in [0.4, 0.5) is 0 Å². The lowest BCUT2D eigenvalue weighted by Gasteiger charge is -2.19. The van der Waals surface area contributed by atoms with E-state index in [1.54, 1.807) is 31.4 Å². The van der Waals surface area contributed by atoms with E-state index in [1.807, 2.05) is 31.3 Å². The molecule has 0 fully saturated rings. The van der Waals surface area contributed by atoms with Gasteiger partial charge in [0.15, 0.2) is 11.5 Å². The Morgan fingerprint density at radius 3 is 2.11 bits per heavy atom.